The molecule has 2 aromatic rings. The SMILES string of the molecule is CC1CCC(OC(=O)C(N)Cc2c[nH]c3ccccc23)CC1. The number of carbonyl (C=O) groups excluding carboxylic acids is 1. The lowest BCUT2D eigenvalue weighted by Crippen LogP contribution is -2.37. The van der Waals surface area contributed by atoms with Gasteiger partial charge in [0.1, 0.15) is 12.1 Å². The summed E-state index contributed by atoms with van der Waals surface area (Å²) in [5.74, 6) is 0.472. The number of aromatic amines is 1. The number of aromatic nitrogens is 1. The quantitative estimate of drug-likeness (QED) is 0.852. The molecule has 118 valence electrons. The highest BCUT2D eigenvalue weighted by atomic mass is 16.5. The zero-order valence-electron chi connectivity index (χ0n) is 13.0. The predicted molar refractivity (Wildman–Crippen MR) is 87.5 cm³/mol. The molecule has 0 bridgehead atoms. The Morgan fingerprint density at radius 1 is 1.32 bits per heavy atom. The smallest absolute Gasteiger partial charge is 0.323 e. The van der Waals surface area contributed by atoms with Crippen LogP contribution in [0.5, 0.6) is 0 Å². The molecule has 1 atom stereocenters. The maximum atomic E-state index is 12.2. The van der Waals surface area contributed by atoms with E-state index in [0.29, 0.717) is 6.42 Å². The van der Waals surface area contributed by atoms with Crippen LogP contribution in [0.3, 0.4) is 0 Å². The van der Waals surface area contributed by atoms with Gasteiger partial charge < -0.3 is 15.5 Å². The third-order valence-electron chi connectivity index (χ3n) is 4.66. The van der Waals surface area contributed by atoms with E-state index in [0.717, 1.165) is 48.1 Å². The number of fused-ring (bicyclic) bond motifs is 1. The summed E-state index contributed by atoms with van der Waals surface area (Å²) in [6.07, 6.45) is 6.69. The lowest BCUT2D eigenvalue weighted by molar-refractivity contribution is -0.152. The number of benzene rings is 1. The van der Waals surface area contributed by atoms with Crippen molar-refractivity contribution in [1.82, 2.24) is 4.98 Å². The van der Waals surface area contributed by atoms with E-state index < -0.39 is 6.04 Å². The predicted octanol–water partition coefficient (Wildman–Crippen LogP) is 3.16. The number of nitrogens with one attached hydrogen (secondary N) is 1. The summed E-state index contributed by atoms with van der Waals surface area (Å²) >= 11 is 0. The molecule has 0 radical (unpaired) electrons. The molecule has 0 spiro atoms. The Morgan fingerprint density at radius 2 is 2.05 bits per heavy atom. The van der Waals surface area contributed by atoms with E-state index in [2.05, 4.69) is 11.9 Å². The topological polar surface area (TPSA) is 68.1 Å². The van der Waals surface area contributed by atoms with Crippen LogP contribution in [0.1, 0.15) is 38.2 Å². The highest BCUT2D eigenvalue weighted by Gasteiger charge is 2.25. The van der Waals surface area contributed by atoms with Crippen LogP contribution in [-0.2, 0) is 16.0 Å². The van der Waals surface area contributed by atoms with Crippen molar-refractivity contribution in [2.75, 3.05) is 0 Å². The highest BCUT2D eigenvalue weighted by molar-refractivity contribution is 5.84. The van der Waals surface area contributed by atoms with Gasteiger partial charge in [0.05, 0.1) is 0 Å². The fourth-order valence-electron chi connectivity index (χ4n) is 3.22. The van der Waals surface area contributed by atoms with Gasteiger partial charge in [-0.05, 0) is 43.2 Å². The number of para-hydroxylation sites is 1. The second-order valence-corrected chi connectivity index (χ2v) is 6.49. The third-order valence-corrected chi connectivity index (χ3v) is 4.66. The van der Waals surface area contributed by atoms with Crippen LogP contribution in [0.2, 0.25) is 0 Å². The van der Waals surface area contributed by atoms with Gasteiger partial charge >= 0.3 is 5.97 Å². The van der Waals surface area contributed by atoms with Crippen molar-refractivity contribution in [3.63, 3.8) is 0 Å². The second-order valence-electron chi connectivity index (χ2n) is 6.49. The normalized spacial score (nSPS) is 23.4. The van der Waals surface area contributed by atoms with Crippen molar-refractivity contribution in [2.45, 2.75) is 51.2 Å². The maximum Gasteiger partial charge on any atom is 0.323 e. The molecule has 0 aliphatic heterocycles. The summed E-state index contributed by atoms with van der Waals surface area (Å²) in [5, 5.41) is 1.12. The second kappa shape index (κ2) is 6.53. The molecule has 1 aliphatic carbocycles. The Labute approximate surface area is 131 Å². The number of H-pyrrole nitrogens is 1. The van der Waals surface area contributed by atoms with Crippen molar-refractivity contribution in [3.8, 4) is 0 Å². The molecule has 4 heteroatoms. The molecule has 22 heavy (non-hydrogen) atoms. The molecule has 4 nitrogen and oxygen atoms in total. The molecule has 1 aromatic heterocycles. The summed E-state index contributed by atoms with van der Waals surface area (Å²) in [5.41, 5.74) is 8.19. The van der Waals surface area contributed by atoms with Crippen molar-refractivity contribution >= 4 is 16.9 Å². The van der Waals surface area contributed by atoms with Crippen LogP contribution in [-0.4, -0.2) is 23.1 Å². The lowest BCUT2D eigenvalue weighted by atomic mass is 9.89. The fraction of sp³-hybridized carbons (Fsp3) is 0.500. The number of nitrogens with two attached hydrogens (primary N) is 1. The molecule has 0 amide bonds. The van der Waals surface area contributed by atoms with E-state index in [1.165, 1.54) is 0 Å². The Morgan fingerprint density at radius 3 is 2.82 bits per heavy atom. The summed E-state index contributed by atoms with van der Waals surface area (Å²) < 4.78 is 5.59. The molecule has 1 aliphatic rings. The Balaban J connectivity index is 1.59. The van der Waals surface area contributed by atoms with E-state index in [1.807, 2.05) is 30.5 Å². The van der Waals surface area contributed by atoms with Gasteiger partial charge in [-0.2, -0.15) is 0 Å². The molecule has 1 unspecified atom stereocenters. The highest BCUT2D eigenvalue weighted by Crippen LogP contribution is 2.26. The van der Waals surface area contributed by atoms with Crippen molar-refractivity contribution < 1.29 is 9.53 Å². The van der Waals surface area contributed by atoms with Gasteiger partial charge in [0.15, 0.2) is 0 Å². The van der Waals surface area contributed by atoms with Crippen LogP contribution in [0.25, 0.3) is 10.9 Å². The first-order valence-corrected chi connectivity index (χ1v) is 8.14. The van der Waals surface area contributed by atoms with E-state index >= 15 is 0 Å². The summed E-state index contributed by atoms with van der Waals surface area (Å²) in [6, 6.07) is 7.44. The van der Waals surface area contributed by atoms with Crippen LogP contribution >= 0.6 is 0 Å². The number of carbonyl (C=O) groups is 1. The molecule has 3 N–H and O–H groups in total. The molecule has 1 heterocycles. The monoisotopic (exact) mass is 300 g/mol. The lowest BCUT2D eigenvalue weighted by Gasteiger charge is -2.27. The minimum Gasteiger partial charge on any atom is -0.461 e. The molecule has 3 rings (SSSR count). The summed E-state index contributed by atoms with van der Waals surface area (Å²) in [4.78, 5) is 15.4. The number of hydrogen-bond acceptors (Lipinski definition) is 3. The number of esters is 1. The van der Waals surface area contributed by atoms with Crippen LogP contribution in [0.15, 0.2) is 30.5 Å². The molecule has 0 saturated heterocycles. The number of hydrogen-bond donors (Lipinski definition) is 2. The standard InChI is InChI=1S/C18H24N2O2/c1-12-6-8-14(9-7-12)22-18(21)16(19)10-13-11-20-17-5-3-2-4-15(13)17/h2-5,11-12,14,16,20H,6-10,19H2,1H3. The van der Waals surface area contributed by atoms with Gasteiger partial charge in [0.25, 0.3) is 0 Å². The Bertz CT molecular complexity index is 641. The molecule has 1 fully saturated rings. The maximum absolute atomic E-state index is 12.2. The average molecular weight is 300 g/mol. The molecule has 1 saturated carbocycles. The minimum absolute atomic E-state index is 0.0534. The zero-order valence-corrected chi connectivity index (χ0v) is 13.0. The molecule has 1 aromatic carbocycles. The largest absolute Gasteiger partial charge is 0.461 e. The van der Waals surface area contributed by atoms with Crippen LogP contribution in [0.4, 0.5) is 0 Å². The average Bonchev–Trinajstić information content (AvgIpc) is 2.93. The van der Waals surface area contributed by atoms with Gasteiger partial charge in [-0.15, -0.1) is 0 Å². The zero-order chi connectivity index (χ0) is 15.5. The molecular formula is C18H24N2O2. The van der Waals surface area contributed by atoms with E-state index in [9.17, 15) is 4.79 Å². The summed E-state index contributed by atoms with van der Waals surface area (Å²) in [7, 11) is 0. The van der Waals surface area contributed by atoms with Crippen molar-refractivity contribution in [1.29, 1.82) is 0 Å². The van der Waals surface area contributed by atoms with Crippen LogP contribution in [0, 0.1) is 5.92 Å². The van der Waals surface area contributed by atoms with Gasteiger partial charge in [-0.1, -0.05) is 25.1 Å². The number of rotatable bonds is 4. The molecular weight excluding hydrogens is 276 g/mol. The summed E-state index contributed by atoms with van der Waals surface area (Å²) in [6.45, 7) is 2.25. The van der Waals surface area contributed by atoms with Crippen LogP contribution < -0.4 is 5.73 Å². The van der Waals surface area contributed by atoms with Gasteiger partial charge in [0.2, 0.25) is 0 Å². The van der Waals surface area contributed by atoms with Gasteiger partial charge in [0, 0.05) is 23.5 Å². The third kappa shape index (κ3) is 3.33. The van der Waals surface area contributed by atoms with Crippen molar-refractivity contribution in [2.24, 2.45) is 11.7 Å². The van der Waals surface area contributed by atoms with Crippen molar-refractivity contribution in [3.05, 3.63) is 36.0 Å². The Kier molecular flexibility index (Phi) is 4.48. The van der Waals surface area contributed by atoms with Gasteiger partial charge in [-0.3, -0.25) is 4.79 Å². The van der Waals surface area contributed by atoms with E-state index in [-0.39, 0.29) is 12.1 Å². The number of ether oxygens (including phenoxy) is 1. The first-order chi connectivity index (χ1) is 10.6. The first-order valence-electron chi connectivity index (χ1n) is 8.14. The van der Waals surface area contributed by atoms with E-state index in [4.69, 9.17) is 10.5 Å². The fourth-order valence-corrected chi connectivity index (χ4v) is 3.22. The first kappa shape index (κ1) is 15.1. The minimum atomic E-state index is -0.599. The van der Waals surface area contributed by atoms with E-state index in [1.54, 1.807) is 0 Å². The van der Waals surface area contributed by atoms with Gasteiger partial charge in [-0.25, -0.2) is 0 Å². The Hall–Kier alpha value is -1.81.